The van der Waals surface area contributed by atoms with Crippen LogP contribution in [0.2, 0.25) is 0 Å². The van der Waals surface area contributed by atoms with Crippen LogP contribution < -0.4 is 0 Å². The molecule has 6 heteroatoms. The first kappa shape index (κ1) is 11.8. The zero-order valence-electron chi connectivity index (χ0n) is 10.0. The molecule has 2 aromatic heterocycles. The Balaban J connectivity index is 1.59. The number of thiazole rings is 1. The van der Waals surface area contributed by atoms with E-state index >= 15 is 0 Å². The lowest BCUT2D eigenvalue weighted by Crippen LogP contribution is -2.19. The van der Waals surface area contributed by atoms with Crippen molar-refractivity contribution in [3.8, 4) is 0 Å². The van der Waals surface area contributed by atoms with Crippen molar-refractivity contribution in [3.63, 3.8) is 0 Å². The summed E-state index contributed by atoms with van der Waals surface area (Å²) in [6, 6.07) is 0. The van der Waals surface area contributed by atoms with Gasteiger partial charge >= 0.3 is 0 Å². The predicted octanol–water partition coefficient (Wildman–Crippen LogP) is 2.09. The van der Waals surface area contributed by atoms with Gasteiger partial charge < -0.3 is 9.26 Å². The summed E-state index contributed by atoms with van der Waals surface area (Å²) in [4.78, 5) is 8.62. The van der Waals surface area contributed by atoms with Gasteiger partial charge in [0, 0.05) is 25.0 Å². The molecule has 1 unspecified atom stereocenters. The summed E-state index contributed by atoms with van der Waals surface area (Å²) in [6.45, 7) is 1.69. The van der Waals surface area contributed by atoms with Crippen LogP contribution in [0.1, 0.15) is 30.3 Å². The van der Waals surface area contributed by atoms with E-state index in [-0.39, 0.29) is 0 Å². The summed E-state index contributed by atoms with van der Waals surface area (Å²) in [5.41, 5.74) is 2.81. The van der Waals surface area contributed by atoms with E-state index in [1.807, 2.05) is 10.9 Å². The van der Waals surface area contributed by atoms with Gasteiger partial charge in [0.15, 0.2) is 5.82 Å². The van der Waals surface area contributed by atoms with Crippen molar-refractivity contribution in [1.29, 1.82) is 0 Å². The Labute approximate surface area is 109 Å². The smallest absolute Gasteiger partial charge is 0.227 e. The minimum Gasteiger partial charge on any atom is -0.381 e. The lowest BCUT2D eigenvalue weighted by Gasteiger charge is -2.20. The summed E-state index contributed by atoms with van der Waals surface area (Å²) in [5, 5.41) is 6.00. The molecule has 1 atom stereocenters. The summed E-state index contributed by atoms with van der Waals surface area (Å²) in [7, 11) is 0. The molecular formula is C12H15N3O2S. The number of nitrogens with zero attached hydrogens (tertiary/aromatic N) is 3. The van der Waals surface area contributed by atoms with Gasteiger partial charge in [0.1, 0.15) is 0 Å². The Morgan fingerprint density at radius 1 is 1.44 bits per heavy atom. The van der Waals surface area contributed by atoms with Gasteiger partial charge in [-0.3, -0.25) is 0 Å². The maximum atomic E-state index is 5.45. The van der Waals surface area contributed by atoms with Crippen molar-refractivity contribution < 1.29 is 9.26 Å². The molecule has 5 nitrogen and oxygen atoms in total. The second kappa shape index (κ2) is 5.58. The van der Waals surface area contributed by atoms with Crippen molar-refractivity contribution >= 4 is 11.3 Å². The average molecular weight is 265 g/mol. The van der Waals surface area contributed by atoms with Crippen molar-refractivity contribution in [1.82, 2.24) is 15.1 Å². The maximum Gasteiger partial charge on any atom is 0.227 e. The van der Waals surface area contributed by atoms with Crippen LogP contribution in [-0.4, -0.2) is 28.3 Å². The van der Waals surface area contributed by atoms with E-state index in [1.54, 1.807) is 11.3 Å². The molecule has 1 fully saturated rings. The van der Waals surface area contributed by atoms with Crippen molar-refractivity contribution in [2.24, 2.45) is 5.92 Å². The third-order valence-electron chi connectivity index (χ3n) is 3.05. The Bertz CT molecular complexity index is 477. The third kappa shape index (κ3) is 2.94. The number of hydrogen-bond acceptors (Lipinski definition) is 6. The summed E-state index contributed by atoms with van der Waals surface area (Å²) < 4.78 is 10.7. The van der Waals surface area contributed by atoms with E-state index in [2.05, 4.69) is 15.1 Å². The minimum atomic E-state index is 0.520. The first-order valence-electron chi connectivity index (χ1n) is 6.16. The van der Waals surface area contributed by atoms with E-state index in [9.17, 15) is 0 Å². The van der Waals surface area contributed by atoms with E-state index in [4.69, 9.17) is 9.26 Å². The van der Waals surface area contributed by atoms with Crippen molar-refractivity contribution in [2.45, 2.75) is 25.7 Å². The second-order valence-electron chi connectivity index (χ2n) is 4.55. The fourth-order valence-corrected chi connectivity index (χ4v) is 2.71. The molecule has 1 aliphatic rings. The van der Waals surface area contributed by atoms with Gasteiger partial charge in [0.25, 0.3) is 0 Å². The first-order chi connectivity index (χ1) is 8.90. The van der Waals surface area contributed by atoms with E-state index in [0.29, 0.717) is 18.2 Å². The Morgan fingerprint density at radius 2 is 2.44 bits per heavy atom. The molecule has 0 aromatic carbocycles. The standard InChI is InChI=1S/C12H15N3O2S/c1-2-9(6-16-3-1)4-12-14-11(15-17-12)5-10-7-18-8-13-10/h7-9H,1-6H2. The van der Waals surface area contributed by atoms with Crippen molar-refractivity contribution in [3.05, 3.63) is 28.3 Å². The molecule has 0 radical (unpaired) electrons. The van der Waals surface area contributed by atoms with Crippen molar-refractivity contribution in [2.75, 3.05) is 13.2 Å². The lowest BCUT2D eigenvalue weighted by atomic mass is 9.99. The number of aromatic nitrogens is 3. The average Bonchev–Trinajstić information content (AvgIpc) is 3.03. The number of hydrogen-bond donors (Lipinski definition) is 0. The molecule has 0 amide bonds. The Morgan fingerprint density at radius 3 is 3.22 bits per heavy atom. The van der Waals surface area contributed by atoms with Crippen LogP contribution in [0.4, 0.5) is 0 Å². The molecule has 3 heterocycles. The van der Waals surface area contributed by atoms with Gasteiger partial charge in [-0.05, 0) is 18.8 Å². The quantitative estimate of drug-likeness (QED) is 0.847. The maximum absolute atomic E-state index is 5.45. The molecule has 18 heavy (non-hydrogen) atoms. The molecule has 0 N–H and O–H groups in total. The van der Waals surface area contributed by atoms with E-state index < -0.39 is 0 Å². The Hall–Kier alpha value is -1.27. The van der Waals surface area contributed by atoms with Crippen LogP contribution in [0.15, 0.2) is 15.4 Å². The zero-order chi connectivity index (χ0) is 12.2. The largest absolute Gasteiger partial charge is 0.381 e. The molecule has 96 valence electrons. The zero-order valence-corrected chi connectivity index (χ0v) is 10.9. The van der Waals surface area contributed by atoms with Crippen LogP contribution in [0.3, 0.4) is 0 Å². The Kier molecular flexibility index (Phi) is 3.66. The normalized spacial score (nSPS) is 20.1. The number of rotatable bonds is 4. The SMILES string of the molecule is c1nc(Cc2noc(CC3CCCOC3)n2)cs1. The minimum absolute atomic E-state index is 0.520. The second-order valence-corrected chi connectivity index (χ2v) is 5.27. The van der Waals surface area contributed by atoms with E-state index in [1.165, 1.54) is 6.42 Å². The highest BCUT2D eigenvalue weighted by Gasteiger charge is 2.18. The lowest BCUT2D eigenvalue weighted by molar-refractivity contribution is 0.0520. The van der Waals surface area contributed by atoms with Crippen LogP contribution in [0.5, 0.6) is 0 Å². The van der Waals surface area contributed by atoms with Gasteiger partial charge in [-0.25, -0.2) is 4.98 Å². The predicted molar refractivity (Wildman–Crippen MR) is 66.5 cm³/mol. The summed E-state index contributed by atoms with van der Waals surface area (Å²) >= 11 is 1.58. The summed E-state index contributed by atoms with van der Waals surface area (Å²) in [5.74, 6) is 1.95. The highest BCUT2D eigenvalue weighted by atomic mass is 32.1. The van der Waals surface area contributed by atoms with Gasteiger partial charge in [0.2, 0.25) is 5.89 Å². The molecule has 0 spiro atoms. The molecule has 2 aromatic rings. The fraction of sp³-hybridized carbons (Fsp3) is 0.583. The van der Waals surface area contributed by atoms with Gasteiger partial charge in [-0.15, -0.1) is 11.3 Å². The fourth-order valence-electron chi connectivity index (χ4n) is 2.15. The highest BCUT2D eigenvalue weighted by Crippen LogP contribution is 2.18. The molecule has 1 saturated heterocycles. The molecule has 0 aliphatic carbocycles. The van der Waals surface area contributed by atoms with Gasteiger partial charge in [0.05, 0.1) is 17.6 Å². The molecule has 0 saturated carbocycles. The van der Waals surface area contributed by atoms with Gasteiger partial charge in [-0.1, -0.05) is 5.16 Å². The molecule has 1 aliphatic heterocycles. The van der Waals surface area contributed by atoms with Gasteiger partial charge in [-0.2, -0.15) is 4.98 Å². The molecule has 3 rings (SSSR count). The van der Waals surface area contributed by atoms with E-state index in [0.717, 1.165) is 37.6 Å². The number of ether oxygens (including phenoxy) is 1. The highest BCUT2D eigenvalue weighted by molar-refractivity contribution is 7.07. The topological polar surface area (TPSA) is 61.0 Å². The third-order valence-corrected chi connectivity index (χ3v) is 3.69. The van der Waals surface area contributed by atoms with Crippen LogP contribution >= 0.6 is 11.3 Å². The molecular weight excluding hydrogens is 250 g/mol. The first-order valence-corrected chi connectivity index (χ1v) is 7.10. The van der Waals surface area contributed by atoms with Crippen LogP contribution in [0.25, 0.3) is 0 Å². The van der Waals surface area contributed by atoms with Crippen LogP contribution in [0, 0.1) is 5.92 Å². The van der Waals surface area contributed by atoms with Crippen LogP contribution in [-0.2, 0) is 17.6 Å². The molecule has 0 bridgehead atoms. The monoisotopic (exact) mass is 265 g/mol. The summed E-state index contributed by atoms with van der Waals surface area (Å²) in [6.07, 6.45) is 3.78.